The summed E-state index contributed by atoms with van der Waals surface area (Å²) in [5, 5.41) is 9.06. The number of halogens is 3. The van der Waals surface area contributed by atoms with Gasteiger partial charge in [-0.25, -0.2) is 4.79 Å². The third-order valence-electron chi connectivity index (χ3n) is 3.33. The minimum atomic E-state index is -4.57. The van der Waals surface area contributed by atoms with Gasteiger partial charge < -0.3 is 9.84 Å². The molecule has 7 heteroatoms. The number of amides is 1. The predicted octanol–water partition coefficient (Wildman–Crippen LogP) is 2.80. The maximum atomic E-state index is 13.0. The maximum absolute atomic E-state index is 13.0. The molecule has 1 aliphatic heterocycles. The molecule has 110 valence electrons. The van der Waals surface area contributed by atoms with E-state index in [-0.39, 0.29) is 25.3 Å². The van der Waals surface area contributed by atoms with Gasteiger partial charge in [0.2, 0.25) is 0 Å². The molecule has 1 N–H and O–H groups in total. The molecule has 1 aliphatic rings. The monoisotopic (exact) mass is 289 g/mol. The number of nitrogens with zero attached hydrogens (tertiary/aromatic N) is 1. The van der Waals surface area contributed by atoms with E-state index in [4.69, 9.17) is 9.84 Å². The molecule has 4 nitrogen and oxygen atoms in total. The number of carbonyl (C=O) groups excluding carboxylic acids is 1. The Hall–Kier alpha value is -1.76. The minimum Gasteiger partial charge on any atom is -0.447 e. The van der Waals surface area contributed by atoms with Crippen molar-refractivity contribution in [1.82, 2.24) is 0 Å². The van der Waals surface area contributed by atoms with Crippen molar-refractivity contribution in [1.29, 1.82) is 0 Å². The van der Waals surface area contributed by atoms with Crippen LogP contribution in [-0.2, 0) is 10.9 Å². The molecule has 1 atom stereocenters. The molecular formula is C13H14F3NO3. The first-order valence-corrected chi connectivity index (χ1v) is 6.04. The van der Waals surface area contributed by atoms with Crippen molar-refractivity contribution in [2.45, 2.75) is 25.1 Å². The lowest BCUT2D eigenvalue weighted by Crippen LogP contribution is -2.46. The van der Waals surface area contributed by atoms with E-state index in [1.165, 1.54) is 18.2 Å². The average molecular weight is 289 g/mol. The van der Waals surface area contributed by atoms with Crippen LogP contribution in [0.3, 0.4) is 0 Å². The number of cyclic esters (lactones) is 1. The van der Waals surface area contributed by atoms with E-state index in [9.17, 15) is 18.0 Å². The Morgan fingerprint density at radius 1 is 1.40 bits per heavy atom. The number of anilines is 1. The first-order valence-electron chi connectivity index (χ1n) is 6.04. The van der Waals surface area contributed by atoms with Gasteiger partial charge in [-0.2, -0.15) is 13.2 Å². The third-order valence-corrected chi connectivity index (χ3v) is 3.33. The second kappa shape index (κ2) is 4.97. The molecule has 0 aliphatic carbocycles. The number of hydrogen-bond donors (Lipinski definition) is 1. The molecule has 1 aromatic carbocycles. The summed E-state index contributed by atoms with van der Waals surface area (Å²) >= 11 is 0. The summed E-state index contributed by atoms with van der Waals surface area (Å²) in [6.07, 6.45) is -5.28. The molecule has 0 saturated carbocycles. The number of ether oxygens (including phenoxy) is 1. The van der Waals surface area contributed by atoms with E-state index in [1.807, 2.05) is 0 Å². The normalized spacial score (nSPS) is 23.1. The van der Waals surface area contributed by atoms with E-state index in [1.54, 1.807) is 6.92 Å². The first-order chi connectivity index (χ1) is 9.29. The lowest BCUT2D eigenvalue weighted by Gasteiger charge is -2.32. The standard InChI is InChI=1S/C13H14F3NO3/c1-12(6-7-18)8-20-11(19)17(12)10-5-3-2-4-9(10)13(14,15)16/h2-5,18H,6-8H2,1H3. The van der Waals surface area contributed by atoms with Gasteiger partial charge in [-0.15, -0.1) is 0 Å². The van der Waals surface area contributed by atoms with Crippen LogP contribution in [0, 0.1) is 0 Å². The Balaban J connectivity index is 2.52. The van der Waals surface area contributed by atoms with Crippen molar-refractivity contribution in [2.75, 3.05) is 18.1 Å². The number of alkyl halides is 3. The molecule has 1 aromatic rings. The van der Waals surface area contributed by atoms with Gasteiger partial charge in [0.25, 0.3) is 0 Å². The molecule has 1 unspecified atom stereocenters. The van der Waals surface area contributed by atoms with Gasteiger partial charge in [0.05, 0.1) is 16.8 Å². The van der Waals surface area contributed by atoms with Crippen molar-refractivity contribution < 1.29 is 27.8 Å². The van der Waals surface area contributed by atoms with Gasteiger partial charge in [0, 0.05) is 6.61 Å². The van der Waals surface area contributed by atoms with Crippen LogP contribution >= 0.6 is 0 Å². The zero-order valence-corrected chi connectivity index (χ0v) is 10.8. The van der Waals surface area contributed by atoms with Crippen LogP contribution in [0.2, 0.25) is 0 Å². The molecule has 1 fully saturated rings. The Labute approximate surface area is 113 Å². The number of aliphatic hydroxyl groups is 1. The number of para-hydroxylation sites is 1. The third kappa shape index (κ3) is 2.45. The highest BCUT2D eigenvalue weighted by Crippen LogP contribution is 2.41. The SMILES string of the molecule is CC1(CCO)COC(=O)N1c1ccccc1C(F)(F)F. The molecular weight excluding hydrogens is 275 g/mol. The molecule has 1 amide bonds. The highest BCUT2D eigenvalue weighted by molar-refractivity contribution is 5.92. The molecule has 0 radical (unpaired) electrons. The van der Waals surface area contributed by atoms with Crippen molar-refractivity contribution in [2.24, 2.45) is 0 Å². The highest BCUT2D eigenvalue weighted by Gasteiger charge is 2.47. The van der Waals surface area contributed by atoms with Crippen molar-refractivity contribution in [3.63, 3.8) is 0 Å². The summed E-state index contributed by atoms with van der Waals surface area (Å²) in [5.41, 5.74) is -2.14. The first kappa shape index (κ1) is 14.6. The number of carbonyl (C=O) groups is 1. The summed E-state index contributed by atoms with van der Waals surface area (Å²) in [6, 6.07) is 4.83. The molecule has 1 heterocycles. The minimum absolute atomic E-state index is 0.0570. The van der Waals surface area contributed by atoms with Crippen LogP contribution in [0.25, 0.3) is 0 Å². The van der Waals surface area contributed by atoms with Crippen molar-refractivity contribution in [3.05, 3.63) is 29.8 Å². The zero-order chi connectivity index (χ0) is 15.0. The Kier molecular flexibility index (Phi) is 3.64. The zero-order valence-electron chi connectivity index (χ0n) is 10.8. The van der Waals surface area contributed by atoms with Gasteiger partial charge in [-0.1, -0.05) is 12.1 Å². The van der Waals surface area contributed by atoms with Gasteiger partial charge in [0.15, 0.2) is 0 Å². The molecule has 0 aromatic heterocycles. The quantitative estimate of drug-likeness (QED) is 0.931. The van der Waals surface area contributed by atoms with Crippen molar-refractivity contribution in [3.8, 4) is 0 Å². The molecule has 0 bridgehead atoms. The largest absolute Gasteiger partial charge is 0.447 e. The number of benzene rings is 1. The van der Waals surface area contributed by atoms with Crippen LogP contribution in [0.4, 0.5) is 23.7 Å². The second-order valence-corrected chi connectivity index (χ2v) is 4.88. The predicted molar refractivity (Wildman–Crippen MR) is 65.4 cm³/mol. The summed E-state index contributed by atoms with van der Waals surface area (Å²) in [4.78, 5) is 12.8. The summed E-state index contributed by atoms with van der Waals surface area (Å²) < 4.78 is 44.0. The summed E-state index contributed by atoms with van der Waals surface area (Å²) in [6.45, 7) is 1.28. The number of hydrogen-bond acceptors (Lipinski definition) is 3. The van der Waals surface area contributed by atoms with Gasteiger partial charge in [0.1, 0.15) is 6.61 Å². The molecule has 1 saturated heterocycles. The van der Waals surface area contributed by atoms with E-state index in [0.29, 0.717) is 0 Å². The lowest BCUT2D eigenvalue weighted by molar-refractivity contribution is -0.137. The Morgan fingerprint density at radius 3 is 2.65 bits per heavy atom. The highest BCUT2D eigenvalue weighted by atomic mass is 19.4. The fourth-order valence-corrected chi connectivity index (χ4v) is 2.29. The second-order valence-electron chi connectivity index (χ2n) is 4.88. The van der Waals surface area contributed by atoms with E-state index in [2.05, 4.69) is 0 Å². The van der Waals surface area contributed by atoms with Crippen LogP contribution in [-0.4, -0.2) is 30.0 Å². The van der Waals surface area contributed by atoms with Crippen LogP contribution in [0.5, 0.6) is 0 Å². The van der Waals surface area contributed by atoms with Gasteiger partial charge in [-0.05, 0) is 25.5 Å². The van der Waals surface area contributed by atoms with E-state index < -0.39 is 23.4 Å². The summed E-state index contributed by atoms with van der Waals surface area (Å²) in [5.74, 6) is 0. The van der Waals surface area contributed by atoms with Crippen molar-refractivity contribution >= 4 is 11.8 Å². The Morgan fingerprint density at radius 2 is 2.05 bits per heavy atom. The fourth-order valence-electron chi connectivity index (χ4n) is 2.29. The van der Waals surface area contributed by atoms with Crippen LogP contribution in [0.15, 0.2) is 24.3 Å². The van der Waals surface area contributed by atoms with E-state index >= 15 is 0 Å². The van der Waals surface area contributed by atoms with Crippen LogP contribution in [0.1, 0.15) is 18.9 Å². The van der Waals surface area contributed by atoms with Crippen LogP contribution < -0.4 is 4.90 Å². The lowest BCUT2D eigenvalue weighted by atomic mass is 9.96. The molecule has 2 rings (SSSR count). The van der Waals surface area contributed by atoms with Gasteiger partial charge >= 0.3 is 12.3 Å². The number of aliphatic hydroxyl groups excluding tert-OH is 1. The molecule has 0 spiro atoms. The number of rotatable bonds is 3. The molecule has 20 heavy (non-hydrogen) atoms. The smallest absolute Gasteiger partial charge is 0.418 e. The Bertz CT molecular complexity index is 518. The van der Waals surface area contributed by atoms with Gasteiger partial charge in [-0.3, -0.25) is 4.90 Å². The topological polar surface area (TPSA) is 49.8 Å². The average Bonchev–Trinajstić information content (AvgIpc) is 2.64. The fraction of sp³-hybridized carbons (Fsp3) is 0.462. The van der Waals surface area contributed by atoms with E-state index in [0.717, 1.165) is 11.0 Å². The maximum Gasteiger partial charge on any atom is 0.418 e. The summed E-state index contributed by atoms with van der Waals surface area (Å²) in [7, 11) is 0.